The van der Waals surface area contributed by atoms with E-state index in [1.807, 2.05) is 30.3 Å². The predicted molar refractivity (Wildman–Crippen MR) is 137 cm³/mol. The first-order valence-electron chi connectivity index (χ1n) is 12.1. The van der Waals surface area contributed by atoms with E-state index in [9.17, 15) is 33.1 Å². The van der Waals surface area contributed by atoms with Gasteiger partial charge >= 0.3 is 5.97 Å². The van der Waals surface area contributed by atoms with Crippen LogP contribution in [0, 0.1) is 17.6 Å². The lowest BCUT2D eigenvalue weighted by Crippen LogP contribution is -2.55. The first kappa shape index (κ1) is 29.0. The van der Waals surface area contributed by atoms with Gasteiger partial charge in [0.05, 0.1) is 6.42 Å². The summed E-state index contributed by atoms with van der Waals surface area (Å²) in [6.45, 7) is 2.00. The molecule has 3 aromatic carbocycles. The zero-order valence-corrected chi connectivity index (χ0v) is 21.3. The number of carbonyl (C=O) groups excluding carboxylic acids is 3. The first-order chi connectivity index (χ1) is 18.6. The minimum absolute atomic E-state index is 0.399. The van der Waals surface area contributed by atoms with Gasteiger partial charge in [-0.25, -0.2) is 8.78 Å². The summed E-state index contributed by atoms with van der Waals surface area (Å²) in [5.74, 6) is -6.63. The number of hydrogen-bond donors (Lipinski definition) is 3. The van der Waals surface area contributed by atoms with Gasteiger partial charge in [0.15, 0.2) is 29.8 Å². The Bertz CT molecular complexity index is 1340. The molecule has 0 fully saturated rings. The number of hydrogen-bond acceptors (Lipinski definition) is 6. The Morgan fingerprint density at radius 3 is 2.15 bits per heavy atom. The first-order valence-corrected chi connectivity index (χ1v) is 12.1. The van der Waals surface area contributed by atoms with Gasteiger partial charge in [-0.15, -0.1) is 0 Å². The van der Waals surface area contributed by atoms with Gasteiger partial charge in [0.25, 0.3) is 5.91 Å². The molecule has 0 heterocycles. The normalized spacial score (nSPS) is 12.4. The molecule has 0 aromatic heterocycles. The molecule has 11 heteroatoms. The Kier molecular flexibility index (Phi) is 9.91. The molecule has 3 rings (SSSR count). The summed E-state index contributed by atoms with van der Waals surface area (Å²) in [6.07, 6.45) is -0.809. The molecule has 9 nitrogen and oxygen atoms in total. The maximum atomic E-state index is 13.8. The smallest absolute Gasteiger partial charge is 0.305 e. The summed E-state index contributed by atoms with van der Waals surface area (Å²) in [5.41, 5.74) is 0. The highest BCUT2D eigenvalue weighted by atomic mass is 19.1. The molecule has 39 heavy (non-hydrogen) atoms. The molecule has 0 saturated carbocycles. The van der Waals surface area contributed by atoms with Crippen molar-refractivity contribution in [2.24, 2.45) is 5.92 Å². The number of aliphatic carboxylic acids is 1. The third-order valence-electron chi connectivity index (χ3n) is 5.74. The number of ketones is 1. The molecule has 0 bridgehead atoms. The number of amides is 2. The Morgan fingerprint density at radius 1 is 0.846 bits per heavy atom. The zero-order valence-electron chi connectivity index (χ0n) is 21.3. The van der Waals surface area contributed by atoms with Crippen LogP contribution in [0.4, 0.5) is 8.78 Å². The molecule has 0 aliphatic rings. The highest BCUT2D eigenvalue weighted by Gasteiger charge is 2.30. The van der Waals surface area contributed by atoms with Crippen molar-refractivity contribution >= 4 is 34.3 Å². The van der Waals surface area contributed by atoms with E-state index in [0.717, 1.165) is 29.0 Å². The molecule has 0 saturated heterocycles. The fraction of sp³-hybridized carbons (Fsp3) is 0.286. The number of carbonyl (C=O) groups is 4. The number of fused-ring (bicyclic) bond motifs is 1. The molecule has 206 valence electrons. The molecule has 2 amide bonds. The van der Waals surface area contributed by atoms with Crippen LogP contribution in [0.2, 0.25) is 0 Å². The third-order valence-corrected chi connectivity index (χ3v) is 5.74. The lowest BCUT2D eigenvalue weighted by Gasteiger charge is -2.24. The number of nitrogens with one attached hydrogen (secondary N) is 2. The lowest BCUT2D eigenvalue weighted by molar-refractivity contribution is -0.141. The molecular formula is C28H28F2N2O7. The van der Waals surface area contributed by atoms with Crippen molar-refractivity contribution in [2.45, 2.75) is 32.4 Å². The second-order valence-corrected chi connectivity index (χ2v) is 9.02. The maximum Gasteiger partial charge on any atom is 0.305 e. The molecule has 0 aliphatic carbocycles. The van der Waals surface area contributed by atoms with Crippen molar-refractivity contribution < 1.29 is 42.5 Å². The maximum absolute atomic E-state index is 13.8. The van der Waals surface area contributed by atoms with Crippen molar-refractivity contribution in [3.63, 3.8) is 0 Å². The minimum atomic E-state index is -1.57. The number of halogens is 2. The second kappa shape index (κ2) is 13.3. The Balaban J connectivity index is 1.63. The van der Waals surface area contributed by atoms with Crippen molar-refractivity contribution in [3.05, 3.63) is 72.3 Å². The number of rotatable bonds is 13. The van der Waals surface area contributed by atoms with Gasteiger partial charge in [-0.3, -0.25) is 19.2 Å². The van der Waals surface area contributed by atoms with Crippen LogP contribution >= 0.6 is 0 Å². The summed E-state index contributed by atoms with van der Waals surface area (Å²) < 4.78 is 38.2. The van der Waals surface area contributed by atoms with Crippen molar-refractivity contribution in [2.75, 3.05) is 13.2 Å². The summed E-state index contributed by atoms with van der Waals surface area (Å²) in [7, 11) is 0. The molecule has 0 aliphatic heterocycles. The van der Waals surface area contributed by atoms with E-state index < -0.39 is 78.6 Å². The van der Waals surface area contributed by atoms with Crippen LogP contribution < -0.4 is 20.1 Å². The van der Waals surface area contributed by atoms with Crippen molar-refractivity contribution in [3.8, 4) is 11.5 Å². The van der Waals surface area contributed by atoms with E-state index in [2.05, 4.69) is 10.6 Å². The molecule has 2 atom stereocenters. The van der Waals surface area contributed by atoms with E-state index in [-0.39, 0.29) is 0 Å². The quantitative estimate of drug-likeness (QED) is 0.302. The number of carboxylic acids is 1. The fourth-order valence-corrected chi connectivity index (χ4v) is 3.76. The third kappa shape index (κ3) is 7.97. The number of carboxylic acid groups (broad SMARTS) is 1. The van der Waals surface area contributed by atoms with Crippen LogP contribution in [-0.2, 0) is 19.2 Å². The van der Waals surface area contributed by atoms with Gasteiger partial charge < -0.3 is 25.2 Å². The molecule has 0 unspecified atom stereocenters. The van der Waals surface area contributed by atoms with Gasteiger partial charge in [0.2, 0.25) is 5.91 Å². The Morgan fingerprint density at radius 2 is 1.49 bits per heavy atom. The van der Waals surface area contributed by atoms with Gasteiger partial charge in [-0.2, -0.15) is 0 Å². The molecule has 0 radical (unpaired) electrons. The van der Waals surface area contributed by atoms with Crippen LogP contribution in [0.3, 0.4) is 0 Å². The van der Waals surface area contributed by atoms with Crippen molar-refractivity contribution in [1.82, 2.24) is 10.6 Å². The topological polar surface area (TPSA) is 131 Å². The van der Waals surface area contributed by atoms with Gasteiger partial charge in [0.1, 0.15) is 24.4 Å². The highest BCUT2D eigenvalue weighted by Crippen LogP contribution is 2.25. The zero-order chi connectivity index (χ0) is 28.5. The number of para-hydroxylation sites is 1. The Labute approximate surface area is 223 Å². The summed E-state index contributed by atoms with van der Waals surface area (Å²) in [6, 6.07) is 13.1. The second-order valence-electron chi connectivity index (χ2n) is 9.02. The highest BCUT2D eigenvalue weighted by molar-refractivity contribution is 5.95. The van der Waals surface area contributed by atoms with Gasteiger partial charge in [-0.1, -0.05) is 56.3 Å². The fourth-order valence-electron chi connectivity index (χ4n) is 3.76. The lowest BCUT2D eigenvalue weighted by atomic mass is 10.0. The predicted octanol–water partition coefficient (Wildman–Crippen LogP) is 3.25. The van der Waals surface area contributed by atoms with E-state index >= 15 is 0 Å². The van der Waals surface area contributed by atoms with E-state index in [1.54, 1.807) is 26.0 Å². The SMILES string of the molecule is CC(C)[C@H](NC(=O)COc1cccc2ccccc12)C(=O)N[C@@H](CC(=O)O)C(=O)COc1c(F)cccc1F. The van der Waals surface area contributed by atoms with Gasteiger partial charge in [0, 0.05) is 5.39 Å². The Hall–Kier alpha value is -4.54. The molecule has 3 N–H and O–H groups in total. The van der Waals surface area contributed by atoms with Crippen LogP contribution in [0.25, 0.3) is 10.8 Å². The minimum Gasteiger partial charge on any atom is -0.483 e. The van der Waals surface area contributed by atoms with Crippen LogP contribution in [0.5, 0.6) is 11.5 Å². The molecule has 0 spiro atoms. The largest absolute Gasteiger partial charge is 0.483 e. The van der Waals surface area contributed by atoms with E-state index in [1.165, 1.54) is 0 Å². The molecule has 3 aromatic rings. The molecular weight excluding hydrogens is 514 g/mol. The average Bonchev–Trinajstić information content (AvgIpc) is 2.89. The standard InChI is InChI=1S/C28H28F2N2O7/c1-16(2)26(32-24(34)15-38-23-12-5-8-17-7-3-4-9-18(17)23)28(37)31-21(13-25(35)36)22(33)14-39-27-19(29)10-6-11-20(27)30/h3-12,16,21,26H,13-15H2,1-2H3,(H,31,37)(H,32,34)(H,35,36)/t21-,26-/m0/s1. The average molecular weight is 543 g/mol. The summed E-state index contributed by atoms with van der Waals surface area (Å²) >= 11 is 0. The van der Waals surface area contributed by atoms with E-state index in [0.29, 0.717) is 5.75 Å². The van der Waals surface area contributed by atoms with Crippen LogP contribution in [-0.4, -0.2) is 54.0 Å². The van der Waals surface area contributed by atoms with Gasteiger partial charge in [-0.05, 0) is 29.5 Å². The number of Topliss-reactive ketones (excluding diaryl/α,β-unsaturated/α-hetero) is 1. The number of ether oxygens (including phenoxy) is 2. The van der Waals surface area contributed by atoms with Crippen LogP contribution in [0.15, 0.2) is 60.7 Å². The van der Waals surface area contributed by atoms with Crippen LogP contribution in [0.1, 0.15) is 20.3 Å². The monoisotopic (exact) mass is 542 g/mol. The number of benzene rings is 3. The van der Waals surface area contributed by atoms with E-state index in [4.69, 9.17) is 9.47 Å². The van der Waals surface area contributed by atoms with Crippen molar-refractivity contribution in [1.29, 1.82) is 0 Å². The summed E-state index contributed by atoms with van der Waals surface area (Å²) in [5, 5.41) is 15.8. The summed E-state index contributed by atoms with van der Waals surface area (Å²) in [4.78, 5) is 49.6.